The summed E-state index contributed by atoms with van der Waals surface area (Å²) in [5.41, 5.74) is 0.436. The standard InChI is InChI=1S/C9H17NO/c1-9(2)6-10-4-8-3-7(9)5-11-8/h7-8,10H,3-6H2,1-2H3. The Bertz CT molecular complexity index is 156. The van der Waals surface area contributed by atoms with E-state index in [1.165, 1.54) is 6.42 Å². The second-order valence-corrected chi connectivity index (χ2v) is 4.51. The molecule has 0 aliphatic carbocycles. The van der Waals surface area contributed by atoms with Crippen LogP contribution in [0, 0.1) is 11.3 Å². The molecule has 2 atom stereocenters. The third kappa shape index (κ3) is 1.30. The van der Waals surface area contributed by atoms with Crippen molar-refractivity contribution in [3.05, 3.63) is 0 Å². The topological polar surface area (TPSA) is 21.3 Å². The molecule has 2 aliphatic heterocycles. The minimum atomic E-state index is 0.436. The van der Waals surface area contributed by atoms with Gasteiger partial charge in [0.1, 0.15) is 0 Å². The van der Waals surface area contributed by atoms with E-state index < -0.39 is 0 Å². The number of fused-ring (bicyclic) bond motifs is 2. The molecule has 1 N–H and O–H groups in total. The molecular weight excluding hydrogens is 138 g/mol. The van der Waals surface area contributed by atoms with Crippen molar-refractivity contribution in [2.75, 3.05) is 19.7 Å². The van der Waals surface area contributed by atoms with E-state index in [4.69, 9.17) is 4.74 Å². The molecule has 11 heavy (non-hydrogen) atoms. The molecule has 2 saturated heterocycles. The van der Waals surface area contributed by atoms with E-state index in [1.807, 2.05) is 0 Å². The fourth-order valence-corrected chi connectivity index (χ4v) is 2.09. The quantitative estimate of drug-likeness (QED) is 0.564. The molecule has 2 fully saturated rings. The van der Waals surface area contributed by atoms with Crippen LogP contribution in [0.25, 0.3) is 0 Å². The van der Waals surface area contributed by atoms with Crippen molar-refractivity contribution in [1.82, 2.24) is 5.32 Å². The molecule has 64 valence electrons. The van der Waals surface area contributed by atoms with Crippen molar-refractivity contribution in [2.45, 2.75) is 26.4 Å². The van der Waals surface area contributed by atoms with Crippen molar-refractivity contribution in [2.24, 2.45) is 11.3 Å². The molecule has 0 radical (unpaired) electrons. The predicted octanol–water partition coefficient (Wildman–Crippen LogP) is 1.02. The van der Waals surface area contributed by atoms with E-state index >= 15 is 0 Å². The third-order valence-electron chi connectivity index (χ3n) is 3.14. The predicted molar refractivity (Wildman–Crippen MR) is 44.5 cm³/mol. The van der Waals surface area contributed by atoms with Gasteiger partial charge in [0.05, 0.1) is 12.7 Å². The van der Waals surface area contributed by atoms with Gasteiger partial charge in [-0.25, -0.2) is 0 Å². The Morgan fingerprint density at radius 3 is 3.09 bits per heavy atom. The third-order valence-corrected chi connectivity index (χ3v) is 3.14. The Kier molecular flexibility index (Phi) is 1.69. The van der Waals surface area contributed by atoms with Crippen LogP contribution in [-0.4, -0.2) is 25.8 Å². The summed E-state index contributed by atoms with van der Waals surface area (Å²) < 4.78 is 5.63. The molecule has 0 saturated carbocycles. The highest BCUT2D eigenvalue weighted by Crippen LogP contribution is 2.36. The van der Waals surface area contributed by atoms with Gasteiger partial charge in [-0.3, -0.25) is 0 Å². The Hall–Kier alpha value is -0.0800. The summed E-state index contributed by atoms with van der Waals surface area (Å²) in [6.07, 6.45) is 1.77. The highest BCUT2D eigenvalue weighted by atomic mass is 16.5. The van der Waals surface area contributed by atoms with Gasteiger partial charge in [-0.15, -0.1) is 0 Å². The van der Waals surface area contributed by atoms with Gasteiger partial charge >= 0.3 is 0 Å². The first-order valence-corrected chi connectivity index (χ1v) is 4.51. The lowest BCUT2D eigenvalue weighted by atomic mass is 9.78. The molecule has 2 nitrogen and oxygen atoms in total. The first kappa shape index (κ1) is 7.56. The smallest absolute Gasteiger partial charge is 0.0703 e. The lowest BCUT2D eigenvalue weighted by Crippen LogP contribution is -2.36. The number of ether oxygens (including phenoxy) is 1. The van der Waals surface area contributed by atoms with Crippen LogP contribution in [0.5, 0.6) is 0 Å². The minimum absolute atomic E-state index is 0.436. The molecule has 2 unspecified atom stereocenters. The summed E-state index contributed by atoms with van der Waals surface area (Å²) in [5, 5.41) is 3.44. The normalized spacial score (nSPS) is 42.0. The number of rotatable bonds is 0. The van der Waals surface area contributed by atoms with Gasteiger partial charge in [0.25, 0.3) is 0 Å². The molecule has 0 aromatic carbocycles. The number of hydrogen-bond acceptors (Lipinski definition) is 2. The van der Waals surface area contributed by atoms with Gasteiger partial charge in [0, 0.05) is 13.1 Å². The molecule has 0 aromatic rings. The van der Waals surface area contributed by atoms with Gasteiger partial charge < -0.3 is 10.1 Å². The van der Waals surface area contributed by atoms with Crippen LogP contribution in [0.15, 0.2) is 0 Å². The Morgan fingerprint density at radius 2 is 2.27 bits per heavy atom. The van der Waals surface area contributed by atoms with E-state index in [9.17, 15) is 0 Å². The van der Waals surface area contributed by atoms with Crippen LogP contribution in [0.2, 0.25) is 0 Å². The summed E-state index contributed by atoms with van der Waals surface area (Å²) >= 11 is 0. The van der Waals surface area contributed by atoms with Gasteiger partial charge in [-0.1, -0.05) is 13.8 Å². The number of hydrogen-bond donors (Lipinski definition) is 1. The van der Waals surface area contributed by atoms with Crippen molar-refractivity contribution in [3.8, 4) is 0 Å². The molecule has 2 bridgehead atoms. The van der Waals surface area contributed by atoms with Crippen LogP contribution in [-0.2, 0) is 4.74 Å². The molecule has 2 heterocycles. The molecule has 2 heteroatoms. The van der Waals surface area contributed by atoms with Crippen LogP contribution >= 0.6 is 0 Å². The van der Waals surface area contributed by atoms with Gasteiger partial charge in [0.15, 0.2) is 0 Å². The molecule has 2 aliphatic rings. The minimum Gasteiger partial charge on any atom is -0.377 e. The van der Waals surface area contributed by atoms with Crippen molar-refractivity contribution < 1.29 is 4.74 Å². The average molecular weight is 155 g/mol. The summed E-state index contributed by atoms with van der Waals surface area (Å²) in [4.78, 5) is 0. The lowest BCUT2D eigenvalue weighted by molar-refractivity contribution is 0.0766. The zero-order chi connectivity index (χ0) is 7.90. The van der Waals surface area contributed by atoms with Crippen LogP contribution in [0.3, 0.4) is 0 Å². The zero-order valence-corrected chi connectivity index (χ0v) is 7.39. The fraction of sp³-hybridized carbons (Fsp3) is 1.00. The molecule has 0 aromatic heterocycles. The monoisotopic (exact) mass is 155 g/mol. The van der Waals surface area contributed by atoms with Gasteiger partial charge in [-0.2, -0.15) is 0 Å². The average Bonchev–Trinajstić information content (AvgIpc) is 2.30. The highest BCUT2D eigenvalue weighted by Gasteiger charge is 2.38. The summed E-state index contributed by atoms with van der Waals surface area (Å²) in [6, 6.07) is 0. The zero-order valence-electron chi connectivity index (χ0n) is 7.39. The van der Waals surface area contributed by atoms with Crippen molar-refractivity contribution in [3.63, 3.8) is 0 Å². The Morgan fingerprint density at radius 1 is 1.45 bits per heavy atom. The Balaban J connectivity index is 2.13. The first-order valence-electron chi connectivity index (χ1n) is 4.51. The maximum atomic E-state index is 5.63. The molecular formula is C9H17NO. The van der Waals surface area contributed by atoms with E-state index in [0.717, 1.165) is 25.6 Å². The largest absolute Gasteiger partial charge is 0.377 e. The SMILES string of the molecule is CC1(C)CNCC2CC1CO2. The van der Waals surface area contributed by atoms with E-state index in [1.54, 1.807) is 0 Å². The lowest BCUT2D eigenvalue weighted by Gasteiger charge is -2.29. The van der Waals surface area contributed by atoms with Crippen LogP contribution < -0.4 is 5.32 Å². The van der Waals surface area contributed by atoms with Crippen molar-refractivity contribution in [1.29, 1.82) is 0 Å². The van der Waals surface area contributed by atoms with E-state index in [0.29, 0.717) is 11.5 Å². The Labute approximate surface area is 68.3 Å². The summed E-state index contributed by atoms with van der Waals surface area (Å²) in [6.45, 7) is 7.86. The first-order chi connectivity index (χ1) is 5.18. The van der Waals surface area contributed by atoms with E-state index in [2.05, 4.69) is 19.2 Å². The number of nitrogens with one attached hydrogen (secondary N) is 1. The second kappa shape index (κ2) is 2.46. The van der Waals surface area contributed by atoms with Gasteiger partial charge in [0.2, 0.25) is 0 Å². The fourth-order valence-electron chi connectivity index (χ4n) is 2.09. The maximum absolute atomic E-state index is 5.63. The second-order valence-electron chi connectivity index (χ2n) is 4.51. The van der Waals surface area contributed by atoms with Gasteiger partial charge in [-0.05, 0) is 17.8 Å². The van der Waals surface area contributed by atoms with Crippen LogP contribution in [0.4, 0.5) is 0 Å². The molecule has 0 amide bonds. The maximum Gasteiger partial charge on any atom is 0.0703 e. The van der Waals surface area contributed by atoms with Crippen LogP contribution in [0.1, 0.15) is 20.3 Å². The summed E-state index contributed by atoms with van der Waals surface area (Å²) in [7, 11) is 0. The highest BCUT2D eigenvalue weighted by molar-refractivity contribution is 4.90. The van der Waals surface area contributed by atoms with Crippen molar-refractivity contribution >= 4 is 0 Å². The summed E-state index contributed by atoms with van der Waals surface area (Å²) in [5.74, 6) is 0.780. The molecule has 0 spiro atoms. The molecule has 2 rings (SSSR count). The van der Waals surface area contributed by atoms with E-state index in [-0.39, 0.29) is 0 Å².